The van der Waals surface area contributed by atoms with Crippen LogP contribution in [0.2, 0.25) is 0 Å². The van der Waals surface area contributed by atoms with Crippen molar-refractivity contribution in [2.24, 2.45) is 5.73 Å². The van der Waals surface area contributed by atoms with E-state index in [4.69, 9.17) is 5.73 Å². The number of nitrogens with zero attached hydrogens (tertiary/aromatic N) is 2. The molecule has 2 amide bonds. The molecular weight excluding hydrogens is 245 g/mol. The highest BCUT2D eigenvalue weighted by Crippen LogP contribution is 2.28. The Bertz CT molecular complexity index is 484. The van der Waals surface area contributed by atoms with E-state index in [1.165, 1.54) is 12.1 Å². The van der Waals surface area contributed by atoms with Gasteiger partial charge in [0, 0.05) is 25.7 Å². The maximum Gasteiger partial charge on any atom is 0.320 e. The lowest BCUT2D eigenvalue weighted by molar-refractivity contribution is 0.188. The highest BCUT2D eigenvalue weighted by atomic mass is 19.1. The summed E-state index contributed by atoms with van der Waals surface area (Å²) in [5.41, 5.74) is 6.33. The second-order valence-electron chi connectivity index (χ2n) is 5.83. The average molecular weight is 265 g/mol. The van der Waals surface area contributed by atoms with Gasteiger partial charge in [-0.25, -0.2) is 9.18 Å². The molecule has 1 heterocycles. The summed E-state index contributed by atoms with van der Waals surface area (Å²) in [7, 11) is 1.74. The molecule has 1 unspecified atom stereocenters. The van der Waals surface area contributed by atoms with Crippen LogP contribution in [0.25, 0.3) is 0 Å². The zero-order valence-electron chi connectivity index (χ0n) is 11.6. The molecule has 104 valence electrons. The fraction of sp³-hybridized carbons (Fsp3) is 0.500. The molecule has 0 saturated carbocycles. The Morgan fingerprint density at radius 2 is 2.16 bits per heavy atom. The van der Waals surface area contributed by atoms with Crippen molar-refractivity contribution in [1.82, 2.24) is 9.80 Å². The van der Waals surface area contributed by atoms with Gasteiger partial charge in [-0.1, -0.05) is 12.1 Å². The van der Waals surface area contributed by atoms with E-state index in [2.05, 4.69) is 0 Å². The van der Waals surface area contributed by atoms with Gasteiger partial charge in [-0.3, -0.25) is 0 Å². The van der Waals surface area contributed by atoms with E-state index in [0.717, 1.165) is 5.56 Å². The van der Waals surface area contributed by atoms with Crippen LogP contribution < -0.4 is 5.73 Å². The predicted molar refractivity (Wildman–Crippen MR) is 72.1 cm³/mol. The first-order valence-corrected chi connectivity index (χ1v) is 6.34. The number of carbonyl (C=O) groups excluding carboxylic acids is 1. The van der Waals surface area contributed by atoms with Gasteiger partial charge in [0.1, 0.15) is 5.82 Å². The molecule has 2 N–H and O–H groups in total. The Balaban J connectivity index is 2.19. The van der Waals surface area contributed by atoms with Crippen molar-refractivity contribution in [2.75, 3.05) is 20.1 Å². The minimum absolute atomic E-state index is 0.0622. The van der Waals surface area contributed by atoms with Crippen LogP contribution in [0.3, 0.4) is 0 Å². The van der Waals surface area contributed by atoms with Gasteiger partial charge in [0.15, 0.2) is 0 Å². The number of urea groups is 1. The lowest BCUT2D eigenvalue weighted by Gasteiger charge is -2.25. The molecule has 1 aromatic rings. The van der Waals surface area contributed by atoms with Crippen LogP contribution >= 0.6 is 0 Å². The Labute approximate surface area is 113 Å². The lowest BCUT2D eigenvalue weighted by Crippen LogP contribution is -2.46. The van der Waals surface area contributed by atoms with Crippen molar-refractivity contribution in [2.45, 2.75) is 25.4 Å². The maximum absolute atomic E-state index is 13.3. The molecule has 1 atom stereocenters. The second kappa shape index (κ2) is 4.81. The van der Waals surface area contributed by atoms with Gasteiger partial charge in [0.25, 0.3) is 0 Å². The molecule has 1 aromatic carbocycles. The van der Waals surface area contributed by atoms with Crippen LogP contribution in [-0.2, 0) is 0 Å². The molecule has 1 aliphatic rings. The van der Waals surface area contributed by atoms with Crippen LogP contribution in [0.4, 0.5) is 9.18 Å². The number of carbonyl (C=O) groups is 1. The summed E-state index contributed by atoms with van der Waals surface area (Å²) in [6.45, 7) is 4.80. The molecule has 0 bridgehead atoms. The lowest BCUT2D eigenvalue weighted by atomic mass is 10.1. The number of hydrogen-bond donors (Lipinski definition) is 1. The highest BCUT2D eigenvalue weighted by Gasteiger charge is 2.37. The summed E-state index contributed by atoms with van der Waals surface area (Å²) in [5.74, 6) is -0.282. The van der Waals surface area contributed by atoms with E-state index < -0.39 is 5.54 Å². The third kappa shape index (κ3) is 3.04. The summed E-state index contributed by atoms with van der Waals surface area (Å²) in [5, 5.41) is 0. The van der Waals surface area contributed by atoms with Crippen molar-refractivity contribution in [1.29, 1.82) is 0 Å². The molecule has 1 fully saturated rings. The maximum atomic E-state index is 13.3. The van der Waals surface area contributed by atoms with Crippen molar-refractivity contribution in [3.63, 3.8) is 0 Å². The number of halogens is 1. The largest absolute Gasteiger partial charge is 0.324 e. The molecule has 1 aliphatic heterocycles. The van der Waals surface area contributed by atoms with Gasteiger partial charge in [-0.05, 0) is 31.5 Å². The van der Waals surface area contributed by atoms with Gasteiger partial charge < -0.3 is 15.5 Å². The Hall–Kier alpha value is -1.62. The third-order valence-electron chi connectivity index (χ3n) is 3.26. The van der Waals surface area contributed by atoms with Crippen LogP contribution in [0.5, 0.6) is 0 Å². The SMILES string of the molecule is CN1C(=O)N(CC(C)(C)N)CC1c1cccc(F)c1. The van der Waals surface area contributed by atoms with Gasteiger partial charge in [0.05, 0.1) is 6.04 Å². The zero-order chi connectivity index (χ0) is 14.2. The van der Waals surface area contributed by atoms with E-state index in [1.54, 1.807) is 22.9 Å². The van der Waals surface area contributed by atoms with Crippen LogP contribution in [0.1, 0.15) is 25.5 Å². The van der Waals surface area contributed by atoms with E-state index >= 15 is 0 Å². The highest BCUT2D eigenvalue weighted by molar-refractivity contribution is 5.77. The van der Waals surface area contributed by atoms with Crippen LogP contribution in [-0.4, -0.2) is 41.5 Å². The summed E-state index contributed by atoms with van der Waals surface area (Å²) >= 11 is 0. The van der Waals surface area contributed by atoms with Crippen molar-refractivity contribution in [3.05, 3.63) is 35.6 Å². The van der Waals surface area contributed by atoms with Gasteiger partial charge in [-0.2, -0.15) is 0 Å². The zero-order valence-corrected chi connectivity index (χ0v) is 11.6. The molecular formula is C14H20FN3O. The predicted octanol–water partition coefficient (Wildman–Crippen LogP) is 1.97. The molecule has 4 nitrogen and oxygen atoms in total. The van der Waals surface area contributed by atoms with E-state index in [9.17, 15) is 9.18 Å². The summed E-state index contributed by atoms with van der Waals surface area (Å²) < 4.78 is 13.3. The number of amides is 2. The number of rotatable bonds is 3. The van der Waals surface area contributed by atoms with Crippen LogP contribution in [0.15, 0.2) is 24.3 Å². The first-order chi connectivity index (χ1) is 8.78. The summed E-state index contributed by atoms with van der Waals surface area (Å²) in [6.07, 6.45) is 0. The third-order valence-corrected chi connectivity index (χ3v) is 3.26. The van der Waals surface area contributed by atoms with Gasteiger partial charge in [0.2, 0.25) is 0 Å². The first-order valence-electron chi connectivity index (χ1n) is 6.34. The normalized spacial score (nSPS) is 20.3. The van der Waals surface area contributed by atoms with E-state index in [-0.39, 0.29) is 17.9 Å². The molecule has 0 radical (unpaired) electrons. The molecule has 0 aromatic heterocycles. The topological polar surface area (TPSA) is 49.6 Å². The van der Waals surface area contributed by atoms with Crippen molar-refractivity contribution < 1.29 is 9.18 Å². The Morgan fingerprint density at radius 1 is 1.47 bits per heavy atom. The molecule has 19 heavy (non-hydrogen) atoms. The average Bonchev–Trinajstić information content (AvgIpc) is 2.55. The Kier molecular flexibility index (Phi) is 3.49. The monoisotopic (exact) mass is 265 g/mol. The quantitative estimate of drug-likeness (QED) is 0.908. The number of hydrogen-bond acceptors (Lipinski definition) is 2. The van der Waals surface area contributed by atoms with Gasteiger partial charge >= 0.3 is 6.03 Å². The standard InChI is InChI=1S/C14H20FN3O/c1-14(2,16)9-18-8-12(17(3)13(18)19)10-5-4-6-11(15)7-10/h4-7,12H,8-9,16H2,1-3H3. The second-order valence-corrected chi connectivity index (χ2v) is 5.83. The fourth-order valence-corrected chi connectivity index (χ4v) is 2.43. The van der Waals surface area contributed by atoms with Gasteiger partial charge in [-0.15, -0.1) is 0 Å². The number of benzene rings is 1. The molecule has 1 saturated heterocycles. The Morgan fingerprint density at radius 3 is 2.74 bits per heavy atom. The van der Waals surface area contributed by atoms with Crippen LogP contribution in [0, 0.1) is 5.82 Å². The minimum atomic E-state index is -0.437. The fourth-order valence-electron chi connectivity index (χ4n) is 2.43. The van der Waals surface area contributed by atoms with Crippen molar-refractivity contribution >= 4 is 6.03 Å². The van der Waals surface area contributed by atoms with E-state index in [0.29, 0.717) is 13.1 Å². The number of likely N-dealkylation sites (N-methyl/N-ethyl adjacent to an activating group) is 1. The van der Waals surface area contributed by atoms with Crippen molar-refractivity contribution in [3.8, 4) is 0 Å². The minimum Gasteiger partial charge on any atom is -0.324 e. The molecule has 0 spiro atoms. The van der Waals surface area contributed by atoms with E-state index in [1.807, 2.05) is 19.9 Å². The summed E-state index contributed by atoms with van der Waals surface area (Å²) in [4.78, 5) is 15.5. The number of nitrogens with two attached hydrogens (primary N) is 1. The first kappa shape index (κ1) is 13.8. The smallest absolute Gasteiger partial charge is 0.320 e. The molecule has 2 rings (SSSR count). The summed E-state index contributed by atoms with van der Waals surface area (Å²) in [6, 6.07) is 6.21. The molecule has 0 aliphatic carbocycles. The molecule has 5 heteroatoms.